The summed E-state index contributed by atoms with van der Waals surface area (Å²) in [5.74, 6) is 2.19. The van der Waals surface area contributed by atoms with E-state index in [0.717, 1.165) is 36.4 Å². The summed E-state index contributed by atoms with van der Waals surface area (Å²) in [5, 5.41) is 36.0. The van der Waals surface area contributed by atoms with Gasteiger partial charge in [0, 0.05) is 48.1 Å². The Morgan fingerprint density at radius 2 is 0.902 bits per heavy atom. The van der Waals surface area contributed by atoms with Gasteiger partial charge in [-0.05, 0) is 134 Å². The molecule has 0 bridgehead atoms. The molecule has 2 N–H and O–H groups in total. The van der Waals surface area contributed by atoms with E-state index in [-0.39, 0.29) is 17.3 Å². The quantitative estimate of drug-likeness (QED) is 0.0662. The minimum atomic E-state index is -1.28. The Morgan fingerprint density at radius 3 is 1.20 bits per heavy atom. The van der Waals surface area contributed by atoms with Gasteiger partial charge < -0.3 is 29.8 Å². The topological polar surface area (TPSA) is 153 Å². The maximum Gasteiger partial charge on any atom is 0.194 e. The van der Waals surface area contributed by atoms with Gasteiger partial charge >= 0.3 is 0 Å². The summed E-state index contributed by atoms with van der Waals surface area (Å²) in [5.41, 5.74) is 0.116. The molecule has 0 aromatic heterocycles. The van der Waals surface area contributed by atoms with Crippen molar-refractivity contribution in [2.45, 2.75) is 155 Å². The summed E-state index contributed by atoms with van der Waals surface area (Å²) in [6.45, 7) is 20.0. The Kier molecular flexibility index (Phi) is 38.0. The maximum absolute atomic E-state index is 12.1. The minimum absolute atomic E-state index is 0.0752. The first-order chi connectivity index (χ1) is 38.6. The molecule has 2 aliphatic carbocycles. The molecule has 5 aromatic carbocycles. The van der Waals surface area contributed by atoms with Crippen LogP contribution >= 0.6 is 0 Å². The number of hydrogen-bond donors (Lipinski definition) is 2. The number of carbonyl (C=O) groups excluding carboxylic acids is 3. The summed E-state index contributed by atoms with van der Waals surface area (Å²) >= 11 is 0. The fourth-order valence-corrected chi connectivity index (χ4v) is 7.81. The van der Waals surface area contributed by atoms with E-state index in [1.54, 1.807) is 64.1 Å². The average Bonchev–Trinajstić information content (AvgIpc) is 3.58. The lowest BCUT2D eigenvalue weighted by Gasteiger charge is -2.30. The molecule has 2 saturated carbocycles. The van der Waals surface area contributed by atoms with Crippen LogP contribution in [0.5, 0.6) is 0 Å². The van der Waals surface area contributed by atoms with Gasteiger partial charge in [0.05, 0.1) is 6.07 Å². The highest BCUT2D eigenvalue weighted by atomic mass is 16.3. The molecular formula is C70H103N7O5. The van der Waals surface area contributed by atoms with Gasteiger partial charge in [0.25, 0.3) is 0 Å². The highest BCUT2D eigenvalue weighted by molar-refractivity contribution is 6.09. The van der Waals surface area contributed by atoms with Crippen LogP contribution in [0.3, 0.4) is 0 Å². The number of anilines is 1. The predicted molar refractivity (Wildman–Crippen MR) is 344 cm³/mol. The molecule has 0 unspecified atom stereocenters. The SMILES string of the molecule is C#CC(C)(C)N=NC(C)(C)C#N.CC(C)(O)C(=O)c1ccccc1.CCN(CC)CC.CN(C)C.CN(C)C1CCCCC1.CN(C)c1ccccc1.O=C(c1ccccc1)C1(O)CCCCC1.O=C(c1ccccc1)c1ccccc1. The number of aliphatic hydroxyl groups is 2. The second-order valence-corrected chi connectivity index (χ2v) is 22.6. The largest absolute Gasteiger partial charge is 0.382 e. The maximum atomic E-state index is 12.1. The normalized spacial score (nSPS) is 13.6. The van der Waals surface area contributed by atoms with Crippen molar-refractivity contribution in [2.75, 3.05) is 73.9 Å². The van der Waals surface area contributed by atoms with E-state index in [4.69, 9.17) is 11.7 Å². The Hall–Kier alpha value is -6.64. The third-order valence-electron chi connectivity index (χ3n) is 12.9. The van der Waals surface area contributed by atoms with Crippen molar-refractivity contribution in [3.63, 3.8) is 0 Å². The second-order valence-electron chi connectivity index (χ2n) is 22.6. The zero-order chi connectivity index (χ0) is 62.2. The number of nitriles is 1. The van der Waals surface area contributed by atoms with Crippen LogP contribution in [0.15, 0.2) is 162 Å². The fraction of sp³-hybridized carbons (Fsp3) is 0.486. The molecule has 0 amide bonds. The second kappa shape index (κ2) is 41.4. The van der Waals surface area contributed by atoms with Crippen LogP contribution < -0.4 is 4.90 Å². The van der Waals surface area contributed by atoms with Crippen LogP contribution in [0.1, 0.15) is 163 Å². The molecular weight excluding hydrogens is 1020 g/mol. The minimum Gasteiger partial charge on any atom is -0.382 e. The van der Waals surface area contributed by atoms with Crippen molar-refractivity contribution in [3.05, 3.63) is 174 Å². The van der Waals surface area contributed by atoms with Crippen LogP contribution in [0.2, 0.25) is 0 Å². The van der Waals surface area contributed by atoms with E-state index in [0.29, 0.717) is 24.0 Å². The lowest BCUT2D eigenvalue weighted by Crippen LogP contribution is -2.40. The van der Waals surface area contributed by atoms with Crippen molar-refractivity contribution in [3.8, 4) is 18.4 Å². The van der Waals surface area contributed by atoms with Crippen molar-refractivity contribution in [1.82, 2.24) is 14.7 Å². The van der Waals surface area contributed by atoms with Crippen LogP contribution in [-0.4, -0.2) is 140 Å². The first-order valence-electron chi connectivity index (χ1n) is 29.0. The number of terminal acetylenes is 1. The molecule has 82 heavy (non-hydrogen) atoms. The molecule has 5 aromatic rings. The summed E-state index contributed by atoms with van der Waals surface area (Å²) in [7, 11) is 14.5. The molecule has 2 aliphatic rings. The summed E-state index contributed by atoms with van der Waals surface area (Å²) in [6, 6.07) is 49.6. The Balaban J connectivity index is 0.000000934. The van der Waals surface area contributed by atoms with E-state index in [9.17, 15) is 24.6 Å². The first-order valence-corrected chi connectivity index (χ1v) is 29.0. The third kappa shape index (κ3) is 34.0. The number of nitrogens with zero attached hydrogens (tertiary/aromatic N) is 7. The first kappa shape index (κ1) is 75.4. The molecule has 7 rings (SSSR count). The number of benzene rings is 5. The van der Waals surface area contributed by atoms with E-state index in [1.165, 1.54) is 71.3 Å². The molecule has 12 heteroatoms. The van der Waals surface area contributed by atoms with E-state index in [1.807, 2.05) is 149 Å². The number of carbonyl (C=O) groups is 3. The molecule has 2 fully saturated rings. The molecule has 0 radical (unpaired) electrons. The average molecular weight is 1120 g/mol. The van der Waals surface area contributed by atoms with Crippen molar-refractivity contribution >= 4 is 23.0 Å². The number of ketones is 3. The fourth-order valence-electron chi connectivity index (χ4n) is 7.81. The lowest BCUT2D eigenvalue weighted by atomic mass is 9.79. The van der Waals surface area contributed by atoms with Crippen molar-refractivity contribution < 1.29 is 24.6 Å². The van der Waals surface area contributed by atoms with Gasteiger partial charge in [0.2, 0.25) is 0 Å². The summed E-state index contributed by atoms with van der Waals surface area (Å²) in [4.78, 5) is 44.2. The lowest BCUT2D eigenvalue weighted by molar-refractivity contribution is 0.0116. The van der Waals surface area contributed by atoms with Crippen LogP contribution in [-0.2, 0) is 0 Å². The molecule has 12 nitrogen and oxygen atoms in total. The molecule has 448 valence electrons. The summed E-state index contributed by atoms with van der Waals surface area (Å²) in [6.07, 6.45) is 16.7. The molecule has 0 heterocycles. The Bertz CT molecular complexity index is 2470. The van der Waals surface area contributed by atoms with E-state index >= 15 is 0 Å². The monoisotopic (exact) mass is 1120 g/mol. The van der Waals surface area contributed by atoms with Crippen molar-refractivity contribution in [1.29, 1.82) is 5.26 Å². The number of Topliss-reactive ketones (excluding diaryl/α,β-unsaturated/α-hetero) is 2. The van der Waals surface area contributed by atoms with Gasteiger partial charge in [0.1, 0.15) is 16.7 Å². The van der Waals surface area contributed by atoms with Gasteiger partial charge in [0.15, 0.2) is 22.9 Å². The van der Waals surface area contributed by atoms with E-state index in [2.05, 4.69) is 77.8 Å². The highest BCUT2D eigenvalue weighted by Crippen LogP contribution is 2.31. The molecule has 0 aliphatic heterocycles. The Labute approximate surface area is 496 Å². The predicted octanol–water partition coefficient (Wildman–Crippen LogP) is 14.4. The van der Waals surface area contributed by atoms with Gasteiger partial charge in [-0.3, -0.25) is 14.4 Å². The molecule has 0 saturated heterocycles. The number of para-hydroxylation sites is 1. The zero-order valence-corrected chi connectivity index (χ0v) is 53.0. The number of rotatable bonds is 13. The smallest absolute Gasteiger partial charge is 0.194 e. The van der Waals surface area contributed by atoms with Crippen LogP contribution in [0.25, 0.3) is 0 Å². The van der Waals surface area contributed by atoms with Gasteiger partial charge in [-0.1, -0.05) is 205 Å². The number of azo groups is 1. The Morgan fingerprint density at radius 1 is 0.561 bits per heavy atom. The standard InChI is InChI=1S/C13H16O2.C13H10O.C10H12O2.C9H13N3.C8H17N.C8H11N.C6H15N.C3H9N/c14-12(11-7-3-1-4-8-11)13(15)9-5-2-6-10-13;14-13(11-7-3-1-4-8-11)12-9-5-2-6-10-12;1-10(2,12)9(11)8-6-4-3-5-7-8;1-6-8(2,3)11-12-9(4,5)7-10;2*1-9(2)8-6-4-3-5-7-8;1-4-7(5-2)6-3;1-4(2)3/h1,3-4,7-8,15H,2,5-6,9-10H2;1-10H;3-7,12H,1-2H3;1H,2-5H3;8H,3-7H2,1-2H3;3-7H,1-2H3;4-6H2,1-3H3;1-3H3. The zero-order valence-electron chi connectivity index (χ0n) is 53.0. The van der Waals surface area contributed by atoms with Gasteiger partial charge in [-0.15, -0.1) is 6.42 Å². The van der Waals surface area contributed by atoms with Gasteiger partial charge in [-0.25, -0.2) is 0 Å². The molecule has 0 spiro atoms. The highest BCUT2D eigenvalue weighted by Gasteiger charge is 2.37. The third-order valence-corrected chi connectivity index (χ3v) is 12.9. The van der Waals surface area contributed by atoms with Crippen molar-refractivity contribution in [2.24, 2.45) is 10.2 Å². The summed E-state index contributed by atoms with van der Waals surface area (Å²) < 4.78 is 0. The van der Waals surface area contributed by atoms with Crippen LogP contribution in [0, 0.1) is 23.7 Å². The number of hydrogen-bond acceptors (Lipinski definition) is 12. The van der Waals surface area contributed by atoms with E-state index < -0.39 is 22.3 Å². The van der Waals surface area contributed by atoms with Gasteiger partial charge in [-0.2, -0.15) is 15.5 Å². The van der Waals surface area contributed by atoms with Crippen LogP contribution in [0.4, 0.5) is 5.69 Å². The molecule has 0 atom stereocenters.